The molecular formula is C22H20Cl2N2O4S. The number of amides is 1. The van der Waals surface area contributed by atoms with Crippen molar-refractivity contribution in [3.8, 4) is 5.75 Å². The van der Waals surface area contributed by atoms with E-state index in [1.165, 1.54) is 30.3 Å². The van der Waals surface area contributed by atoms with Crippen molar-refractivity contribution in [1.29, 1.82) is 0 Å². The van der Waals surface area contributed by atoms with Crippen LogP contribution in [0.5, 0.6) is 5.75 Å². The summed E-state index contributed by atoms with van der Waals surface area (Å²) in [5, 5.41) is 3.40. The topological polar surface area (TPSA) is 84.5 Å². The van der Waals surface area contributed by atoms with E-state index < -0.39 is 15.9 Å². The average molecular weight is 479 g/mol. The molecular weight excluding hydrogens is 459 g/mol. The second-order valence-electron chi connectivity index (χ2n) is 6.86. The summed E-state index contributed by atoms with van der Waals surface area (Å²) >= 11 is 11.8. The summed E-state index contributed by atoms with van der Waals surface area (Å²) in [6.07, 6.45) is 0. The molecule has 0 saturated carbocycles. The number of hydrogen-bond acceptors (Lipinski definition) is 4. The smallest absolute Gasteiger partial charge is 0.262 e. The minimum absolute atomic E-state index is 0.0793. The van der Waals surface area contributed by atoms with Crippen molar-refractivity contribution < 1.29 is 17.9 Å². The van der Waals surface area contributed by atoms with Crippen LogP contribution in [0.2, 0.25) is 10.0 Å². The zero-order valence-electron chi connectivity index (χ0n) is 16.8. The van der Waals surface area contributed by atoms with Crippen LogP contribution in [0.4, 0.5) is 11.4 Å². The molecule has 3 rings (SSSR count). The van der Waals surface area contributed by atoms with Crippen molar-refractivity contribution in [2.45, 2.75) is 18.7 Å². The molecule has 31 heavy (non-hydrogen) atoms. The molecule has 0 aliphatic heterocycles. The second kappa shape index (κ2) is 9.60. The van der Waals surface area contributed by atoms with Gasteiger partial charge < -0.3 is 10.1 Å². The largest absolute Gasteiger partial charge is 0.482 e. The number of anilines is 2. The zero-order valence-corrected chi connectivity index (χ0v) is 19.1. The predicted molar refractivity (Wildman–Crippen MR) is 124 cm³/mol. The fourth-order valence-corrected chi connectivity index (χ4v) is 4.28. The van der Waals surface area contributed by atoms with Crippen molar-refractivity contribution in [3.63, 3.8) is 0 Å². The van der Waals surface area contributed by atoms with Crippen LogP contribution < -0.4 is 14.8 Å². The Morgan fingerprint density at radius 2 is 1.68 bits per heavy atom. The third-order valence-corrected chi connectivity index (χ3v) is 6.25. The molecule has 3 aromatic rings. The molecule has 0 aliphatic carbocycles. The van der Waals surface area contributed by atoms with E-state index in [0.717, 1.165) is 11.1 Å². The number of carbonyl (C=O) groups excluding carboxylic acids is 1. The highest BCUT2D eigenvalue weighted by molar-refractivity contribution is 7.92. The summed E-state index contributed by atoms with van der Waals surface area (Å²) in [5.41, 5.74) is 2.72. The molecule has 0 atom stereocenters. The summed E-state index contributed by atoms with van der Waals surface area (Å²) in [7, 11) is -3.77. The van der Waals surface area contributed by atoms with Crippen LogP contribution in [0.3, 0.4) is 0 Å². The van der Waals surface area contributed by atoms with E-state index in [-0.39, 0.29) is 11.5 Å². The lowest BCUT2D eigenvalue weighted by Gasteiger charge is -2.12. The lowest BCUT2D eigenvalue weighted by atomic mass is 10.1. The Bertz CT molecular complexity index is 1210. The molecule has 9 heteroatoms. The van der Waals surface area contributed by atoms with Gasteiger partial charge >= 0.3 is 0 Å². The fraction of sp³-hybridized carbons (Fsp3) is 0.136. The molecule has 0 unspecified atom stereocenters. The molecule has 1 amide bonds. The van der Waals surface area contributed by atoms with Crippen molar-refractivity contribution in [1.82, 2.24) is 0 Å². The molecule has 162 valence electrons. The lowest BCUT2D eigenvalue weighted by molar-refractivity contribution is -0.118. The van der Waals surface area contributed by atoms with Crippen molar-refractivity contribution >= 4 is 50.5 Å². The Labute approximate surface area is 191 Å². The molecule has 2 N–H and O–H groups in total. The highest BCUT2D eigenvalue weighted by Gasteiger charge is 2.16. The second-order valence-corrected chi connectivity index (χ2v) is 9.39. The normalized spacial score (nSPS) is 11.1. The van der Waals surface area contributed by atoms with Crippen LogP contribution >= 0.6 is 23.2 Å². The van der Waals surface area contributed by atoms with Gasteiger partial charge in [-0.3, -0.25) is 9.52 Å². The SMILES string of the molecule is Cc1ccc(C)c(NS(=O)(=O)c2ccc(NC(=O)COc3ccc(Cl)cc3Cl)cc2)c1. The van der Waals surface area contributed by atoms with Crippen LogP contribution in [0.25, 0.3) is 0 Å². The Hall–Kier alpha value is -2.74. The van der Waals surface area contributed by atoms with Crippen LogP contribution in [-0.4, -0.2) is 20.9 Å². The molecule has 0 fully saturated rings. The highest BCUT2D eigenvalue weighted by atomic mass is 35.5. The first-order valence-corrected chi connectivity index (χ1v) is 11.5. The Morgan fingerprint density at radius 1 is 0.968 bits per heavy atom. The minimum atomic E-state index is -3.77. The van der Waals surface area contributed by atoms with Crippen LogP contribution in [0.1, 0.15) is 11.1 Å². The molecule has 0 aliphatic rings. The number of sulfonamides is 1. The minimum Gasteiger partial charge on any atom is -0.482 e. The van der Waals surface area contributed by atoms with Gasteiger partial charge in [0.1, 0.15) is 5.75 Å². The molecule has 0 radical (unpaired) electrons. The van der Waals surface area contributed by atoms with Gasteiger partial charge in [-0.2, -0.15) is 0 Å². The molecule has 0 heterocycles. The summed E-state index contributed by atoms with van der Waals surface area (Å²) in [6, 6.07) is 16.1. The fourth-order valence-electron chi connectivity index (χ4n) is 2.70. The van der Waals surface area contributed by atoms with Gasteiger partial charge in [-0.05, 0) is 73.5 Å². The van der Waals surface area contributed by atoms with Crippen LogP contribution in [0, 0.1) is 13.8 Å². The van der Waals surface area contributed by atoms with Crippen LogP contribution in [0.15, 0.2) is 65.6 Å². The average Bonchev–Trinajstić information content (AvgIpc) is 2.70. The van der Waals surface area contributed by atoms with Gasteiger partial charge in [-0.1, -0.05) is 35.3 Å². The van der Waals surface area contributed by atoms with E-state index in [1.54, 1.807) is 18.2 Å². The quantitative estimate of drug-likeness (QED) is 0.474. The highest BCUT2D eigenvalue weighted by Crippen LogP contribution is 2.27. The maximum absolute atomic E-state index is 12.7. The van der Waals surface area contributed by atoms with E-state index in [1.807, 2.05) is 26.0 Å². The predicted octanol–water partition coefficient (Wildman–Crippen LogP) is 5.43. The van der Waals surface area contributed by atoms with Crippen LogP contribution in [-0.2, 0) is 14.8 Å². The number of hydrogen-bond donors (Lipinski definition) is 2. The van der Waals surface area contributed by atoms with E-state index >= 15 is 0 Å². The molecule has 0 spiro atoms. The van der Waals surface area contributed by atoms with E-state index in [2.05, 4.69) is 10.0 Å². The first kappa shape index (κ1) is 22.9. The third-order valence-electron chi connectivity index (χ3n) is 4.34. The number of aryl methyl sites for hydroxylation is 2. The molecule has 0 saturated heterocycles. The van der Waals surface area contributed by atoms with Gasteiger partial charge in [0.15, 0.2) is 6.61 Å². The van der Waals surface area contributed by atoms with Gasteiger partial charge in [0.05, 0.1) is 15.6 Å². The maximum Gasteiger partial charge on any atom is 0.262 e. The zero-order chi connectivity index (χ0) is 22.6. The summed E-state index contributed by atoms with van der Waals surface area (Å²) in [5.74, 6) is -0.0877. The van der Waals surface area contributed by atoms with Crippen molar-refractivity contribution in [2.24, 2.45) is 0 Å². The van der Waals surface area contributed by atoms with Crippen molar-refractivity contribution in [2.75, 3.05) is 16.6 Å². The van der Waals surface area contributed by atoms with E-state index in [4.69, 9.17) is 27.9 Å². The van der Waals surface area contributed by atoms with E-state index in [0.29, 0.717) is 27.2 Å². The third kappa shape index (κ3) is 6.13. The Balaban J connectivity index is 1.62. The number of halogens is 2. The first-order valence-electron chi connectivity index (χ1n) is 9.22. The monoisotopic (exact) mass is 478 g/mol. The van der Waals surface area contributed by atoms with Gasteiger partial charge in [-0.25, -0.2) is 8.42 Å². The van der Waals surface area contributed by atoms with Gasteiger partial charge in [0.25, 0.3) is 15.9 Å². The number of nitrogens with one attached hydrogen (secondary N) is 2. The van der Waals surface area contributed by atoms with Gasteiger partial charge in [-0.15, -0.1) is 0 Å². The molecule has 0 bridgehead atoms. The standard InChI is InChI=1S/C22H20Cl2N2O4S/c1-14-3-4-15(2)20(11-14)26-31(28,29)18-8-6-17(7-9-18)25-22(27)13-30-21-10-5-16(23)12-19(21)24/h3-12,26H,13H2,1-2H3,(H,25,27). The summed E-state index contributed by atoms with van der Waals surface area (Å²) in [4.78, 5) is 12.2. The number of benzene rings is 3. The number of rotatable bonds is 7. The number of ether oxygens (including phenoxy) is 1. The molecule has 0 aromatic heterocycles. The maximum atomic E-state index is 12.7. The Morgan fingerprint density at radius 3 is 2.35 bits per heavy atom. The van der Waals surface area contributed by atoms with Gasteiger partial charge in [0, 0.05) is 10.7 Å². The van der Waals surface area contributed by atoms with Crippen molar-refractivity contribution in [3.05, 3.63) is 81.8 Å². The summed E-state index contributed by atoms with van der Waals surface area (Å²) < 4.78 is 33.3. The lowest BCUT2D eigenvalue weighted by Crippen LogP contribution is -2.20. The molecule has 3 aromatic carbocycles. The number of carbonyl (C=O) groups is 1. The van der Waals surface area contributed by atoms with Gasteiger partial charge in [0.2, 0.25) is 0 Å². The summed E-state index contributed by atoms with van der Waals surface area (Å²) in [6.45, 7) is 3.45. The first-order chi connectivity index (χ1) is 14.6. The Kier molecular flexibility index (Phi) is 7.10. The van der Waals surface area contributed by atoms with E-state index in [9.17, 15) is 13.2 Å². The molecule has 6 nitrogen and oxygen atoms in total.